The molecule has 0 fully saturated rings. The topological polar surface area (TPSA) is 42.4 Å². The molecule has 2 rings (SSSR count). The Labute approximate surface area is 103 Å². The smallest absolute Gasteiger partial charge is 0.147 e. The average molecular weight is 251 g/mol. The molecule has 0 saturated carbocycles. The molecule has 1 atom stereocenters. The summed E-state index contributed by atoms with van der Waals surface area (Å²) in [5.74, 6) is -0.893. The van der Waals surface area contributed by atoms with Gasteiger partial charge in [-0.05, 0) is 24.3 Å². The van der Waals surface area contributed by atoms with Crippen LogP contribution >= 0.6 is 0 Å². The zero-order valence-corrected chi connectivity index (χ0v) is 9.60. The Balaban J connectivity index is 2.48. The summed E-state index contributed by atoms with van der Waals surface area (Å²) in [6, 6.07) is 5.04. The Morgan fingerprint density at radius 2 is 2.00 bits per heavy atom. The molecule has 2 aromatic rings. The molecule has 1 unspecified atom stereocenters. The van der Waals surface area contributed by atoms with Gasteiger partial charge < -0.3 is 9.84 Å². The van der Waals surface area contributed by atoms with Crippen molar-refractivity contribution in [1.82, 2.24) is 4.98 Å². The zero-order chi connectivity index (χ0) is 13.1. The van der Waals surface area contributed by atoms with Crippen LogP contribution in [0, 0.1) is 11.6 Å². The van der Waals surface area contributed by atoms with Crippen molar-refractivity contribution in [3.63, 3.8) is 0 Å². The summed E-state index contributed by atoms with van der Waals surface area (Å²) >= 11 is 0. The maximum Gasteiger partial charge on any atom is 0.147 e. The van der Waals surface area contributed by atoms with Crippen molar-refractivity contribution in [3.05, 3.63) is 59.4 Å². The van der Waals surface area contributed by atoms with Crippen LogP contribution in [0.5, 0.6) is 5.75 Å². The van der Waals surface area contributed by atoms with Crippen LogP contribution in [-0.4, -0.2) is 17.2 Å². The van der Waals surface area contributed by atoms with E-state index in [1.807, 2.05) is 0 Å². The lowest BCUT2D eigenvalue weighted by atomic mass is 10.0. The molecule has 1 aromatic heterocycles. The number of ether oxygens (including phenoxy) is 1. The second-order valence-electron chi connectivity index (χ2n) is 3.69. The number of halogens is 2. The van der Waals surface area contributed by atoms with Crippen LogP contribution < -0.4 is 4.74 Å². The third kappa shape index (κ3) is 2.31. The van der Waals surface area contributed by atoms with Crippen LogP contribution in [0.2, 0.25) is 0 Å². The maximum atomic E-state index is 13.5. The maximum absolute atomic E-state index is 13.5. The van der Waals surface area contributed by atoms with Crippen LogP contribution in [0.15, 0.2) is 36.7 Å². The molecule has 18 heavy (non-hydrogen) atoms. The Kier molecular flexibility index (Phi) is 3.53. The second kappa shape index (κ2) is 5.10. The number of nitrogens with zero attached hydrogens (tertiary/aromatic N) is 1. The second-order valence-corrected chi connectivity index (χ2v) is 3.69. The van der Waals surface area contributed by atoms with E-state index in [-0.39, 0.29) is 11.1 Å². The first-order chi connectivity index (χ1) is 8.63. The molecule has 5 heteroatoms. The summed E-state index contributed by atoms with van der Waals surface area (Å²) in [5.41, 5.74) is 0.191. The van der Waals surface area contributed by atoms with Gasteiger partial charge >= 0.3 is 0 Å². The minimum atomic E-state index is -1.31. The third-order valence-electron chi connectivity index (χ3n) is 2.58. The van der Waals surface area contributed by atoms with E-state index in [0.717, 1.165) is 12.3 Å². The Morgan fingerprint density at radius 3 is 2.67 bits per heavy atom. The highest BCUT2D eigenvalue weighted by Gasteiger charge is 2.19. The summed E-state index contributed by atoms with van der Waals surface area (Å²) in [7, 11) is 1.40. The molecular weight excluding hydrogens is 240 g/mol. The number of methoxy groups -OCH3 is 1. The summed E-state index contributed by atoms with van der Waals surface area (Å²) in [5, 5.41) is 10.1. The average Bonchev–Trinajstić information content (AvgIpc) is 2.38. The first kappa shape index (κ1) is 12.4. The Bertz CT molecular complexity index is 560. The molecule has 0 aliphatic carbocycles. The van der Waals surface area contributed by atoms with Gasteiger partial charge in [-0.25, -0.2) is 8.78 Å². The molecule has 94 valence electrons. The van der Waals surface area contributed by atoms with Gasteiger partial charge in [-0.3, -0.25) is 4.98 Å². The summed E-state index contributed by atoms with van der Waals surface area (Å²) in [6.45, 7) is 0. The number of hydrogen-bond donors (Lipinski definition) is 1. The molecule has 1 aromatic carbocycles. The van der Waals surface area contributed by atoms with E-state index < -0.39 is 17.7 Å². The normalized spacial score (nSPS) is 12.2. The van der Waals surface area contributed by atoms with Gasteiger partial charge in [0.05, 0.1) is 13.3 Å². The minimum absolute atomic E-state index is 0.0221. The van der Waals surface area contributed by atoms with Crippen molar-refractivity contribution in [3.8, 4) is 5.75 Å². The van der Waals surface area contributed by atoms with E-state index in [9.17, 15) is 13.9 Å². The molecular formula is C13H11F2NO2. The highest BCUT2D eigenvalue weighted by Crippen LogP contribution is 2.31. The molecule has 0 bridgehead atoms. The number of pyridine rings is 1. The number of aliphatic hydroxyl groups excluding tert-OH is 1. The molecule has 1 heterocycles. The Morgan fingerprint density at radius 1 is 1.22 bits per heavy atom. The minimum Gasteiger partial charge on any atom is -0.496 e. The van der Waals surface area contributed by atoms with Gasteiger partial charge in [-0.2, -0.15) is 0 Å². The van der Waals surface area contributed by atoms with E-state index in [1.54, 1.807) is 0 Å². The zero-order valence-electron chi connectivity index (χ0n) is 9.60. The highest BCUT2D eigenvalue weighted by atomic mass is 19.1. The van der Waals surface area contributed by atoms with Crippen molar-refractivity contribution >= 4 is 0 Å². The standard InChI is InChI=1S/C13H11F2NO2/c1-18-12-3-2-8(14)6-10(12)13(17)9-4-5-16-7-11(9)15/h2-7,13,17H,1H3. The van der Waals surface area contributed by atoms with E-state index in [1.165, 1.54) is 31.5 Å². The number of hydrogen-bond acceptors (Lipinski definition) is 3. The lowest BCUT2D eigenvalue weighted by Crippen LogP contribution is -2.05. The van der Waals surface area contributed by atoms with Crippen molar-refractivity contribution in [1.29, 1.82) is 0 Å². The predicted molar refractivity (Wildman–Crippen MR) is 61.2 cm³/mol. The number of aliphatic hydroxyl groups is 1. The SMILES string of the molecule is COc1ccc(F)cc1C(O)c1ccncc1F. The van der Waals surface area contributed by atoms with Crippen molar-refractivity contribution < 1.29 is 18.6 Å². The first-order valence-electron chi connectivity index (χ1n) is 5.24. The quantitative estimate of drug-likeness (QED) is 0.911. The summed E-state index contributed by atoms with van der Waals surface area (Å²) in [6.07, 6.45) is 1.04. The van der Waals surface area contributed by atoms with Crippen molar-refractivity contribution in [2.45, 2.75) is 6.10 Å². The first-order valence-corrected chi connectivity index (χ1v) is 5.24. The number of rotatable bonds is 3. The van der Waals surface area contributed by atoms with Gasteiger partial charge in [0.2, 0.25) is 0 Å². The van der Waals surface area contributed by atoms with E-state index >= 15 is 0 Å². The predicted octanol–water partition coefficient (Wildman–Crippen LogP) is 2.45. The highest BCUT2D eigenvalue weighted by molar-refractivity contribution is 5.40. The van der Waals surface area contributed by atoms with Gasteiger partial charge in [-0.15, -0.1) is 0 Å². The number of aromatic nitrogens is 1. The van der Waals surface area contributed by atoms with Crippen LogP contribution in [0.4, 0.5) is 8.78 Å². The van der Waals surface area contributed by atoms with Gasteiger partial charge in [0.1, 0.15) is 23.5 Å². The largest absolute Gasteiger partial charge is 0.496 e. The molecule has 1 N–H and O–H groups in total. The van der Waals surface area contributed by atoms with Gasteiger partial charge in [0.15, 0.2) is 0 Å². The molecule has 0 saturated heterocycles. The van der Waals surface area contributed by atoms with Crippen LogP contribution in [0.25, 0.3) is 0 Å². The van der Waals surface area contributed by atoms with E-state index in [0.29, 0.717) is 5.75 Å². The fourth-order valence-electron chi connectivity index (χ4n) is 1.69. The molecule has 0 aliphatic heterocycles. The van der Waals surface area contributed by atoms with Gasteiger partial charge in [-0.1, -0.05) is 0 Å². The monoisotopic (exact) mass is 251 g/mol. The molecule has 0 aliphatic rings. The van der Waals surface area contributed by atoms with Crippen LogP contribution in [0.3, 0.4) is 0 Å². The van der Waals surface area contributed by atoms with Gasteiger partial charge in [0, 0.05) is 17.3 Å². The third-order valence-corrected chi connectivity index (χ3v) is 2.58. The van der Waals surface area contributed by atoms with Crippen molar-refractivity contribution in [2.24, 2.45) is 0 Å². The van der Waals surface area contributed by atoms with Crippen LogP contribution in [0.1, 0.15) is 17.2 Å². The molecule has 0 spiro atoms. The molecule has 3 nitrogen and oxygen atoms in total. The summed E-state index contributed by atoms with van der Waals surface area (Å²) < 4.78 is 31.7. The van der Waals surface area contributed by atoms with Crippen LogP contribution in [-0.2, 0) is 0 Å². The molecule has 0 amide bonds. The lowest BCUT2D eigenvalue weighted by Gasteiger charge is -2.15. The van der Waals surface area contributed by atoms with Gasteiger partial charge in [0.25, 0.3) is 0 Å². The summed E-state index contributed by atoms with van der Waals surface area (Å²) in [4.78, 5) is 3.59. The van der Waals surface area contributed by atoms with Crippen molar-refractivity contribution in [2.75, 3.05) is 7.11 Å². The molecule has 0 radical (unpaired) electrons. The van der Waals surface area contributed by atoms with E-state index in [4.69, 9.17) is 4.74 Å². The fourth-order valence-corrected chi connectivity index (χ4v) is 1.69. The van der Waals surface area contributed by atoms with E-state index in [2.05, 4.69) is 4.98 Å². The number of benzene rings is 1. The lowest BCUT2D eigenvalue weighted by molar-refractivity contribution is 0.209. The fraction of sp³-hybridized carbons (Fsp3) is 0.154. The Hall–Kier alpha value is -2.01.